The molecule has 2 aromatic rings. The lowest BCUT2D eigenvalue weighted by Crippen LogP contribution is -2.62. The first kappa shape index (κ1) is 28.3. The average molecular weight is 551 g/mol. The van der Waals surface area contributed by atoms with E-state index in [-0.39, 0.29) is 23.1 Å². The van der Waals surface area contributed by atoms with Crippen LogP contribution in [0.15, 0.2) is 42.7 Å². The van der Waals surface area contributed by atoms with E-state index >= 15 is 0 Å². The highest BCUT2D eigenvalue weighted by atomic mass is 16.5. The number of amides is 3. The maximum atomic E-state index is 13.7. The van der Waals surface area contributed by atoms with Crippen molar-refractivity contribution in [2.75, 3.05) is 39.8 Å². The molecule has 1 saturated carbocycles. The van der Waals surface area contributed by atoms with Crippen molar-refractivity contribution in [3.05, 3.63) is 53.9 Å². The fraction of sp³-hybridized carbons (Fsp3) is 0.600. The minimum Gasteiger partial charge on any atom is -0.376 e. The molecule has 0 unspecified atom stereocenters. The summed E-state index contributed by atoms with van der Waals surface area (Å²) in [6.07, 6.45) is 8.91. The Labute approximate surface area is 236 Å². The molecule has 2 aliphatic heterocycles. The molecule has 3 N–H and O–H groups in total. The van der Waals surface area contributed by atoms with Crippen molar-refractivity contribution in [3.8, 4) is 0 Å². The van der Waals surface area contributed by atoms with Crippen LogP contribution in [0.25, 0.3) is 0 Å². The van der Waals surface area contributed by atoms with Crippen LogP contribution in [0.4, 0.5) is 0 Å². The van der Waals surface area contributed by atoms with Crippen LogP contribution in [0, 0.1) is 17.3 Å². The Morgan fingerprint density at radius 2 is 1.90 bits per heavy atom. The van der Waals surface area contributed by atoms with E-state index < -0.39 is 18.1 Å². The van der Waals surface area contributed by atoms with Crippen molar-refractivity contribution in [2.45, 2.75) is 57.7 Å². The van der Waals surface area contributed by atoms with E-state index in [1.807, 2.05) is 37.3 Å². The van der Waals surface area contributed by atoms with Crippen LogP contribution in [-0.4, -0.2) is 84.4 Å². The standard InChI is InChI=1S/C30H42N6O4/c1-21(40-17-23-11-7-4-8-12-23)26(28(38)31-2)34-27(37)25-16-35(20-30(25)18-32-19-30)29(39)24-13-33-36(15-24)14-22-9-5-3-6-10-22/h3,5-6,9-10,13,15,21,23,25-26,32H,4,7-8,11-12,14,16-20H2,1-2H3,(H,31,38)(H,34,37)/t21-,25+,26+/m1/s1. The number of hydrogen-bond donors (Lipinski definition) is 3. The first-order valence-electron chi connectivity index (χ1n) is 14.6. The van der Waals surface area contributed by atoms with Crippen molar-refractivity contribution in [3.63, 3.8) is 0 Å². The van der Waals surface area contributed by atoms with Crippen molar-refractivity contribution >= 4 is 17.7 Å². The number of likely N-dealkylation sites (N-methyl/N-ethyl adjacent to an activating group) is 1. The average Bonchev–Trinajstić information content (AvgIpc) is 3.60. The molecule has 3 heterocycles. The van der Waals surface area contributed by atoms with Gasteiger partial charge < -0.3 is 25.6 Å². The van der Waals surface area contributed by atoms with Gasteiger partial charge in [-0.05, 0) is 31.2 Å². The first-order chi connectivity index (χ1) is 19.4. The maximum absolute atomic E-state index is 13.7. The lowest BCUT2D eigenvalue weighted by Gasteiger charge is -2.43. The maximum Gasteiger partial charge on any atom is 0.257 e. The van der Waals surface area contributed by atoms with E-state index in [9.17, 15) is 14.4 Å². The normalized spacial score (nSPS) is 21.9. The molecule has 10 nitrogen and oxygen atoms in total. The number of ether oxygens (including phenoxy) is 1. The third-order valence-corrected chi connectivity index (χ3v) is 8.89. The monoisotopic (exact) mass is 550 g/mol. The Balaban J connectivity index is 1.22. The molecule has 0 bridgehead atoms. The highest BCUT2D eigenvalue weighted by Crippen LogP contribution is 2.40. The number of carbonyl (C=O) groups excluding carboxylic acids is 3. The van der Waals surface area contributed by atoms with E-state index in [4.69, 9.17) is 4.74 Å². The third-order valence-electron chi connectivity index (χ3n) is 8.89. The number of likely N-dealkylation sites (tertiary alicyclic amines) is 1. The summed E-state index contributed by atoms with van der Waals surface area (Å²) in [5.74, 6) is -0.531. The predicted octanol–water partition coefficient (Wildman–Crippen LogP) is 1.81. The van der Waals surface area contributed by atoms with Crippen LogP contribution in [0.1, 0.15) is 54.9 Å². The van der Waals surface area contributed by atoms with E-state index in [1.54, 1.807) is 29.0 Å². The van der Waals surface area contributed by atoms with Gasteiger partial charge in [0.1, 0.15) is 6.04 Å². The van der Waals surface area contributed by atoms with Gasteiger partial charge in [-0.3, -0.25) is 19.1 Å². The second-order valence-electron chi connectivity index (χ2n) is 11.8. The van der Waals surface area contributed by atoms with Gasteiger partial charge in [0, 0.05) is 51.4 Å². The Hall–Kier alpha value is -3.24. The Kier molecular flexibility index (Phi) is 8.85. The van der Waals surface area contributed by atoms with Gasteiger partial charge in [0.2, 0.25) is 11.8 Å². The number of carbonyl (C=O) groups is 3. The molecule has 5 rings (SSSR count). The summed E-state index contributed by atoms with van der Waals surface area (Å²) in [6.45, 7) is 5.12. The second-order valence-corrected chi connectivity index (χ2v) is 11.8. The SMILES string of the molecule is CNC(=O)[C@@H](NC(=O)[C@@H]1CN(C(=O)c2cnn(Cc3ccccc3)c2)CC12CNC2)[C@@H](C)OCC1CCCCC1. The molecule has 3 amide bonds. The number of benzene rings is 1. The number of nitrogens with one attached hydrogen (secondary N) is 3. The fourth-order valence-electron chi connectivity index (χ4n) is 6.35. The molecule has 3 fully saturated rings. The van der Waals surface area contributed by atoms with Crippen LogP contribution < -0.4 is 16.0 Å². The zero-order valence-electron chi connectivity index (χ0n) is 23.6. The van der Waals surface area contributed by atoms with Crippen molar-refractivity contribution < 1.29 is 19.1 Å². The van der Waals surface area contributed by atoms with Crippen LogP contribution in [0.3, 0.4) is 0 Å². The lowest BCUT2D eigenvalue weighted by atomic mass is 9.72. The summed E-state index contributed by atoms with van der Waals surface area (Å²) in [7, 11) is 1.57. The van der Waals surface area contributed by atoms with Crippen LogP contribution in [0.2, 0.25) is 0 Å². The molecule has 1 aromatic carbocycles. The van der Waals surface area contributed by atoms with Crippen molar-refractivity contribution in [1.29, 1.82) is 0 Å². The van der Waals surface area contributed by atoms with E-state index in [2.05, 4.69) is 21.0 Å². The molecule has 2 saturated heterocycles. The molecule has 3 aliphatic rings. The largest absolute Gasteiger partial charge is 0.376 e. The Bertz CT molecular complexity index is 1170. The molecule has 10 heteroatoms. The van der Waals surface area contributed by atoms with E-state index in [1.165, 1.54) is 19.3 Å². The van der Waals surface area contributed by atoms with Gasteiger partial charge in [0.25, 0.3) is 5.91 Å². The van der Waals surface area contributed by atoms with Crippen LogP contribution in [0.5, 0.6) is 0 Å². The molecule has 0 radical (unpaired) electrons. The Morgan fingerprint density at radius 1 is 1.15 bits per heavy atom. The molecule has 3 atom stereocenters. The van der Waals surface area contributed by atoms with Crippen LogP contribution >= 0.6 is 0 Å². The summed E-state index contributed by atoms with van der Waals surface area (Å²) in [5.41, 5.74) is 1.26. The predicted molar refractivity (Wildman–Crippen MR) is 150 cm³/mol. The summed E-state index contributed by atoms with van der Waals surface area (Å²) in [5, 5.41) is 13.3. The van der Waals surface area contributed by atoms with Crippen LogP contribution in [-0.2, 0) is 20.9 Å². The zero-order valence-corrected chi connectivity index (χ0v) is 23.6. The Morgan fingerprint density at radius 3 is 2.58 bits per heavy atom. The third kappa shape index (κ3) is 6.23. The minimum atomic E-state index is -0.799. The van der Waals surface area contributed by atoms with Gasteiger partial charge in [-0.25, -0.2) is 0 Å². The molecular formula is C30H42N6O4. The molecule has 1 spiro atoms. The number of rotatable bonds is 10. The molecule has 40 heavy (non-hydrogen) atoms. The molecule has 1 aliphatic carbocycles. The smallest absolute Gasteiger partial charge is 0.257 e. The van der Waals surface area contributed by atoms with Gasteiger partial charge in [-0.2, -0.15) is 5.10 Å². The first-order valence-corrected chi connectivity index (χ1v) is 14.6. The van der Waals surface area contributed by atoms with Gasteiger partial charge in [0.15, 0.2) is 0 Å². The quantitative estimate of drug-likeness (QED) is 0.415. The summed E-state index contributed by atoms with van der Waals surface area (Å²) in [6, 6.07) is 9.17. The lowest BCUT2D eigenvalue weighted by molar-refractivity contribution is -0.137. The summed E-state index contributed by atoms with van der Waals surface area (Å²) < 4.78 is 7.88. The van der Waals surface area contributed by atoms with Gasteiger partial charge >= 0.3 is 0 Å². The van der Waals surface area contributed by atoms with Gasteiger partial charge in [-0.1, -0.05) is 49.6 Å². The van der Waals surface area contributed by atoms with E-state index in [0.717, 1.165) is 18.4 Å². The minimum absolute atomic E-state index is 0.132. The number of aromatic nitrogens is 2. The summed E-state index contributed by atoms with van der Waals surface area (Å²) >= 11 is 0. The topological polar surface area (TPSA) is 118 Å². The molecule has 216 valence electrons. The van der Waals surface area contributed by atoms with Gasteiger partial charge in [-0.15, -0.1) is 0 Å². The van der Waals surface area contributed by atoms with Crippen molar-refractivity contribution in [2.24, 2.45) is 17.3 Å². The highest BCUT2D eigenvalue weighted by Gasteiger charge is 2.55. The van der Waals surface area contributed by atoms with Gasteiger partial charge in [0.05, 0.1) is 30.3 Å². The number of hydrogen-bond acceptors (Lipinski definition) is 6. The summed E-state index contributed by atoms with van der Waals surface area (Å²) in [4.78, 5) is 41.7. The fourth-order valence-corrected chi connectivity index (χ4v) is 6.35. The van der Waals surface area contributed by atoms with Crippen molar-refractivity contribution in [1.82, 2.24) is 30.6 Å². The molecule has 1 aromatic heterocycles. The second kappa shape index (κ2) is 12.5. The highest BCUT2D eigenvalue weighted by molar-refractivity contribution is 5.95. The number of nitrogens with zero attached hydrogens (tertiary/aromatic N) is 3. The zero-order chi connectivity index (χ0) is 28.1. The van der Waals surface area contributed by atoms with E-state index in [0.29, 0.717) is 50.8 Å². The molecular weight excluding hydrogens is 508 g/mol.